The smallest absolute Gasteiger partial charge is 0.270 e. The molecule has 15 heteroatoms. The van der Waals surface area contributed by atoms with Crippen molar-refractivity contribution in [1.29, 1.82) is 0 Å². The third kappa shape index (κ3) is 9.85. The lowest BCUT2D eigenvalue weighted by Gasteiger charge is -2.36. The van der Waals surface area contributed by atoms with Gasteiger partial charge in [0.25, 0.3) is 5.91 Å². The minimum Gasteiger partial charge on any atom is -0.347 e. The molecule has 5 aromatic heterocycles. The van der Waals surface area contributed by atoms with Gasteiger partial charge in [0.05, 0.1) is 23.8 Å². The normalized spacial score (nSPS) is 23.4. The minimum atomic E-state index is -0.672. The van der Waals surface area contributed by atoms with Gasteiger partial charge in [-0.15, -0.1) is 0 Å². The highest BCUT2D eigenvalue weighted by Crippen LogP contribution is 2.49. The van der Waals surface area contributed by atoms with Crippen molar-refractivity contribution in [2.75, 3.05) is 33.1 Å². The molecule has 0 N–H and O–H groups in total. The Labute approximate surface area is 424 Å². The molecule has 6 heterocycles. The van der Waals surface area contributed by atoms with Crippen molar-refractivity contribution in [2.45, 2.75) is 177 Å². The van der Waals surface area contributed by atoms with Crippen LogP contribution in [0.25, 0.3) is 11.0 Å². The summed E-state index contributed by atoms with van der Waals surface area (Å²) in [7, 11) is 7.24. The summed E-state index contributed by atoms with van der Waals surface area (Å²) >= 11 is 1.57. The standard InChI is InChI=1S/C56H73N11O3S/c1-33-45(71-47-32-58-42(31-59-47)36-22-21-35(28-46(68)56(2,3)4)41-20-14-9-15-34(41)25-36)23-24-57-49(33)48(50-60-29-37-26-43(54(69)64(5)6)66(52(37)62-50)39-16-10-11-17-39)51-61-30-38-27-44(55(70)65(7)8)67(53(38)63-51)40-18-12-13-19-40/h23-24,26,29-32,34-36,39-41,44,48H,9-22,25,27-28H2,1-8H3. The van der Waals surface area contributed by atoms with Crippen molar-refractivity contribution >= 4 is 46.2 Å². The first kappa shape index (κ1) is 49.3. The summed E-state index contributed by atoms with van der Waals surface area (Å²) in [5, 5.41) is 1.61. The van der Waals surface area contributed by atoms with Crippen LogP contribution in [0.1, 0.15) is 186 Å². The quantitative estimate of drug-likeness (QED) is 0.117. The number of likely N-dealkylation sites (N-methyl/N-ethyl adjacent to an activating group) is 1. The molecule has 0 saturated heterocycles. The molecule has 4 saturated carbocycles. The van der Waals surface area contributed by atoms with Crippen molar-refractivity contribution in [3.63, 3.8) is 0 Å². The van der Waals surface area contributed by atoms with Gasteiger partial charge in [-0.1, -0.05) is 77.5 Å². The van der Waals surface area contributed by atoms with Crippen LogP contribution in [-0.4, -0.2) is 107 Å². The number of amides is 2. The van der Waals surface area contributed by atoms with Gasteiger partial charge in [0, 0.05) is 98.9 Å². The average Bonchev–Trinajstić information content (AvgIpc) is 4.19. The Balaban J connectivity index is 1.01. The zero-order valence-electron chi connectivity index (χ0n) is 43.2. The van der Waals surface area contributed by atoms with Crippen molar-refractivity contribution in [1.82, 2.24) is 49.3 Å². The van der Waals surface area contributed by atoms with Crippen LogP contribution < -0.4 is 4.90 Å². The van der Waals surface area contributed by atoms with Crippen molar-refractivity contribution in [3.8, 4) is 0 Å². The van der Waals surface area contributed by atoms with Crippen LogP contribution in [0.15, 0.2) is 53.0 Å². The van der Waals surface area contributed by atoms with E-state index in [1.54, 1.807) is 35.7 Å². The molecule has 5 aromatic rings. The maximum atomic E-state index is 13.8. The molecule has 2 amide bonds. The van der Waals surface area contributed by atoms with E-state index in [0.717, 1.165) is 120 Å². The molecule has 0 aromatic carbocycles. The lowest BCUT2D eigenvalue weighted by atomic mass is 9.69. The number of carbonyl (C=O) groups is 3. The summed E-state index contributed by atoms with van der Waals surface area (Å²) in [4.78, 5) is 83.8. The monoisotopic (exact) mass is 980 g/mol. The molecule has 376 valence electrons. The Bertz CT molecular complexity index is 2770. The van der Waals surface area contributed by atoms with E-state index in [1.807, 2.05) is 57.2 Å². The number of nitrogens with zero attached hydrogens (tertiary/aromatic N) is 11. The summed E-state index contributed by atoms with van der Waals surface area (Å²) in [6.07, 6.45) is 27.4. The molecule has 5 aliphatic rings. The Morgan fingerprint density at radius 3 is 2.18 bits per heavy atom. The van der Waals surface area contributed by atoms with Crippen LogP contribution in [0.4, 0.5) is 5.82 Å². The SMILES string of the molecule is Cc1c(Sc2cnc(C3CCC(CC(=O)C(C)(C)C)C4CCCCC4C3)cn2)ccnc1C(c1ncc2c(n1)N(C1CCCC1)C(C(=O)N(C)C)C2)c1ncc2cc(C(=O)N(C)C)n(C3CCCC3)c2n1. The van der Waals surface area contributed by atoms with E-state index in [9.17, 15) is 14.4 Å². The highest BCUT2D eigenvalue weighted by Gasteiger charge is 2.43. The predicted octanol–water partition coefficient (Wildman–Crippen LogP) is 10.3. The number of aromatic nitrogens is 8. The van der Waals surface area contributed by atoms with Gasteiger partial charge in [0.2, 0.25) is 5.91 Å². The van der Waals surface area contributed by atoms with Crippen molar-refractivity contribution in [2.24, 2.45) is 23.2 Å². The molecular weight excluding hydrogens is 907 g/mol. The van der Waals surface area contributed by atoms with Gasteiger partial charge in [0.15, 0.2) is 0 Å². The van der Waals surface area contributed by atoms with E-state index in [-0.39, 0.29) is 35.4 Å². The average molecular weight is 980 g/mol. The lowest BCUT2D eigenvalue weighted by Crippen LogP contribution is -2.49. The van der Waals surface area contributed by atoms with Crippen LogP contribution in [0.3, 0.4) is 0 Å². The number of hydrogen-bond acceptors (Lipinski definition) is 12. The second-order valence-corrected chi connectivity index (χ2v) is 24.0. The highest BCUT2D eigenvalue weighted by molar-refractivity contribution is 7.99. The number of ketones is 1. The number of fused-ring (bicyclic) bond motifs is 3. The molecular formula is C56H73N11O3S. The summed E-state index contributed by atoms with van der Waals surface area (Å²) in [6, 6.07) is 3.97. The maximum absolute atomic E-state index is 13.8. The van der Waals surface area contributed by atoms with Gasteiger partial charge in [-0.25, -0.2) is 24.9 Å². The molecule has 0 spiro atoms. The molecule has 4 fully saturated rings. The number of Topliss-reactive ketones (excluding diaryl/α,β-unsaturated/α-hetero) is 1. The molecule has 0 bridgehead atoms. The third-order valence-corrected chi connectivity index (χ3v) is 17.9. The molecule has 4 aliphatic carbocycles. The highest BCUT2D eigenvalue weighted by atomic mass is 32.2. The number of pyridine rings is 1. The number of rotatable bonds is 12. The Morgan fingerprint density at radius 2 is 1.48 bits per heavy atom. The zero-order valence-corrected chi connectivity index (χ0v) is 44.0. The van der Waals surface area contributed by atoms with Gasteiger partial charge in [-0.3, -0.25) is 24.4 Å². The summed E-state index contributed by atoms with van der Waals surface area (Å²) in [5.41, 5.74) is 4.71. The molecule has 6 unspecified atom stereocenters. The van der Waals surface area contributed by atoms with Gasteiger partial charge in [-0.2, -0.15) is 0 Å². The summed E-state index contributed by atoms with van der Waals surface area (Å²) in [5.74, 6) is 3.56. The summed E-state index contributed by atoms with van der Waals surface area (Å²) < 4.78 is 2.15. The maximum Gasteiger partial charge on any atom is 0.270 e. The molecule has 1 aliphatic heterocycles. The predicted molar refractivity (Wildman–Crippen MR) is 277 cm³/mol. The van der Waals surface area contributed by atoms with Gasteiger partial charge in [0.1, 0.15) is 51.6 Å². The fraction of sp³-hybridized carbons (Fsp3) is 0.607. The topological polar surface area (TPSA) is 156 Å². The minimum absolute atomic E-state index is 0.0628. The van der Waals surface area contributed by atoms with Crippen molar-refractivity contribution < 1.29 is 14.4 Å². The van der Waals surface area contributed by atoms with Gasteiger partial charge < -0.3 is 19.3 Å². The van der Waals surface area contributed by atoms with Crippen LogP contribution >= 0.6 is 11.8 Å². The van der Waals surface area contributed by atoms with E-state index < -0.39 is 5.92 Å². The van der Waals surface area contributed by atoms with E-state index in [4.69, 9.17) is 34.9 Å². The van der Waals surface area contributed by atoms with E-state index in [2.05, 4.69) is 37.2 Å². The van der Waals surface area contributed by atoms with Gasteiger partial charge in [-0.05, 0) is 93.7 Å². The molecule has 14 nitrogen and oxygen atoms in total. The third-order valence-electron chi connectivity index (χ3n) is 16.8. The van der Waals surface area contributed by atoms with E-state index in [1.165, 1.54) is 25.7 Å². The Morgan fingerprint density at radius 1 is 0.775 bits per heavy atom. The van der Waals surface area contributed by atoms with Crippen LogP contribution in [-0.2, 0) is 16.0 Å². The van der Waals surface area contributed by atoms with Crippen LogP contribution in [0.5, 0.6) is 0 Å². The molecule has 6 atom stereocenters. The van der Waals surface area contributed by atoms with E-state index in [0.29, 0.717) is 59.6 Å². The molecule has 71 heavy (non-hydrogen) atoms. The molecule has 10 rings (SSSR count). The Kier molecular flexibility index (Phi) is 14.1. The number of hydrogen-bond donors (Lipinski definition) is 0. The van der Waals surface area contributed by atoms with E-state index >= 15 is 0 Å². The summed E-state index contributed by atoms with van der Waals surface area (Å²) in [6.45, 7) is 8.27. The largest absolute Gasteiger partial charge is 0.347 e. The number of carbonyl (C=O) groups excluding carboxylic acids is 3. The fourth-order valence-corrected chi connectivity index (χ4v) is 13.7. The Hall–Kier alpha value is -5.31. The second-order valence-electron chi connectivity index (χ2n) is 22.9. The fourth-order valence-electron chi connectivity index (χ4n) is 12.9. The second kappa shape index (κ2) is 20.3. The first-order chi connectivity index (χ1) is 34.1. The zero-order chi connectivity index (χ0) is 49.7. The molecule has 0 radical (unpaired) electrons. The first-order valence-electron chi connectivity index (χ1n) is 26.6. The van der Waals surface area contributed by atoms with Gasteiger partial charge >= 0.3 is 0 Å². The number of anilines is 1. The lowest BCUT2D eigenvalue weighted by molar-refractivity contribution is -0.130. The van der Waals surface area contributed by atoms with Crippen molar-refractivity contribution in [3.05, 3.63) is 83.0 Å². The van der Waals surface area contributed by atoms with Crippen LogP contribution in [0, 0.1) is 30.1 Å². The van der Waals surface area contributed by atoms with Crippen LogP contribution in [0.2, 0.25) is 0 Å². The first-order valence-corrected chi connectivity index (χ1v) is 27.4.